The fraction of sp³-hybridized carbons (Fsp3) is 0.609. The number of nitrogens with zero attached hydrogens (tertiary/aromatic N) is 2. The molecule has 2 aliphatic rings. The van der Waals surface area contributed by atoms with Gasteiger partial charge in [0, 0.05) is 44.1 Å². The van der Waals surface area contributed by atoms with Crippen molar-refractivity contribution in [2.24, 2.45) is 11.8 Å². The predicted molar refractivity (Wildman–Crippen MR) is 120 cm³/mol. The lowest BCUT2D eigenvalue weighted by Gasteiger charge is -2.37. The van der Waals surface area contributed by atoms with Gasteiger partial charge in [-0.15, -0.1) is 0 Å². The number of amides is 1. The van der Waals surface area contributed by atoms with E-state index >= 15 is 0 Å². The van der Waals surface area contributed by atoms with Gasteiger partial charge >= 0.3 is 0 Å². The highest BCUT2D eigenvalue weighted by molar-refractivity contribution is 7.89. The first kappa shape index (κ1) is 24.5. The van der Waals surface area contributed by atoms with Crippen LogP contribution in [0.2, 0.25) is 0 Å². The first-order chi connectivity index (χ1) is 15.2. The number of benzene rings is 1. The molecule has 3 atom stereocenters. The van der Waals surface area contributed by atoms with E-state index in [-0.39, 0.29) is 48.1 Å². The Morgan fingerprint density at radius 2 is 2.12 bits per heavy atom. The van der Waals surface area contributed by atoms with Gasteiger partial charge in [-0.3, -0.25) is 4.79 Å². The summed E-state index contributed by atoms with van der Waals surface area (Å²) in [5.41, 5.74) is 0.604. The monoisotopic (exact) mass is 464 g/mol. The van der Waals surface area contributed by atoms with Crippen molar-refractivity contribution in [3.63, 3.8) is 0 Å². The smallest absolute Gasteiger partial charge is 0.247 e. The topological polar surface area (TPSA) is 96.4 Å². The summed E-state index contributed by atoms with van der Waals surface area (Å²) in [5.74, 6) is 5.97. The number of likely N-dealkylation sites (N-methyl/N-ethyl adjacent to an activating group) is 1. The normalized spacial score (nSPS) is 23.5. The lowest BCUT2D eigenvalue weighted by atomic mass is 10.0. The van der Waals surface area contributed by atoms with Crippen LogP contribution in [0.3, 0.4) is 0 Å². The third-order valence-electron chi connectivity index (χ3n) is 5.87. The van der Waals surface area contributed by atoms with Crippen LogP contribution in [0, 0.1) is 23.7 Å². The molecule has 0 unspecified atom stereocenters. The highest BCUT2D eigenvalue weighted by Gasteiger charge is 2.39. The van der Waals surface area contributed by atoms with Gasteiger partial charge in [-0.25, -0.2) is 8.42 Å². The Balaban J connectivity index is 2.01. The quantitative estimate of drug-likeness (QED) is 0.638. The molecular formula is C23H32N2O6S. The van der Waals surface area contributed by atoms with Crippen molar-refractivity contribution < 1.29 is 27.8 Å². The van der Waals surface area contributed by atoms with Crippen LogP contribution in [0.1, 0.15) is 32.3 Å². The van der Waals surface area contributed by atoms with Crippen LogP contribution in [0.25, 0.3) is 0 Å². The van der Waals surface area contributed by atoms with E-state index in [0.29, 0.717) is 12.1 Å². The van der Waals surface area contributed by atoms with Gasteiger partial charge in [0.25, 0.3) is 0 Å². The number of hydrogen-bond donors (Lipinski definition) is 1. The van der Waals surface area contributed by atoms with E-state index in [0.717, 1.165) is 12.8 Å². The Morgan fingerprint density at radius 1 is 1.41 bits per heavy atom. The van der Waals surface area contributed by atoms with E-state index in [1.54, 1.807) is 38.1 Å². The molecule has 1 aliphatic heterocycles. The SMILES string of the molecule is COCC#Cc1ccc2c(c1)O[C@@H](CN(C)C(=O)C1CC1)[C@@H](C)CN([C@H](C)CO)S2(=O)=O. The van der Waals surface area contributed by atoms with Gasteiger partial charge in [0.15, 0.2) is 0 Å². The maximum Gasteiger partial charge on any atom is 0.247 e. The molecule has 0 saturated heterocycles. The minimum atomic E-state index is -3.91. The van der Waals surface area contributed by atoms with Crippen molar-refractivity contribution in [2.45, 2.75) is 43.7 Å². The molecule has 1 saturated carbocycles. The van der Waals surface area contributed by atoms with Gasteiger partial charge in [0.2, 0.25) is 15.9 Å². The zero-order chi connectivity index (χ0) is 23.5. The average Bonchev–Trinajstić information content (AvgIpc) is 3.60. The van der Waals surface area contributed by atoms with Crippen LogP contribution >= 0.6 is 0 Å². The number of hydrogen-bond acceptors (Lipinski definition) is 6. The molecule has 9 heteroatoms. The summed E-state index contributed by atoms with van der Waals surface area (Å²) in [6.07, 6.45) is 1.40. The molecule has 0 spiro atoms. The number of carbonyl (C=O) groups excluding carboxylic acids is 1. The predicted octanol–water partition coefficient (Wildman–Crippen LogP) is 1.32. The second-order valence-corrected chi connectivity index (χ2v) is 10.5. The first-order valence-electron chi connectivity index (χ1n) is 10.8. The van der Waals surface area contributed by atoms with Crippen molar-refractivity contribution in [1.82, 2.24) is 9.21 Å². The number of carbonyl (C=O) groups is 1. The molecule has 3 rings (SSSR count). The maximum absolute atomic E-state index is 13.4. The molecule has 0 aromatic heterocycles. The largest absolute Gasteiger partial charge is 0.487 e. The number of ether oxygens (including phenoxy) is 2. The number of fused-ring (bicyclic) bond motifs is 1. The lowest BCUT2D eigenvalue weighted by Crippen LogP contribution is -2.50. The lowest BCUT2D eigenvalue weighted by molar-refractivity contribution is -0.132. The Hall–Kier alpha value is -2.12. The minimum Gasteiger partial charge on any atom is -0.487 e. The summed E-state index contributed by atoms with van der Waals surface area (Å²) in [7, 11) is -0.599. The van der Waals surface area contributed by atoms with E-state index in [1.165, 1.54) is 10.4 Å². The van der Waals surface area contributed by atoms with Crippen LogP contribution < -0.4 is 4.74 Å². The molecule has 32 heavy (non-hydrogen) atoms. The van der Waals surface area contributed by atoms with Gasteiger partial charge in [-0.05, 0) is 38.0 Å². The number of aliphatic hydroxyl groups excluding tert-OH is 1. The van der Waals surface area contributed by atoms with E-state index in [2.05, 4.69) is 11.8 Å². The molecule has 1 amide bonds. The van der Waals surface area contributed by atoms with Gasteiger partial charge in [0.1, 0.15) is 23.4 Å². The van der Waals surface area contributed by atoms with Crippen LogP contribution in [0.5, 0.6) is 5.75 Å². The summed E-state index contributed by atoms with van der Waals surface area (Å²) in [6.45, 7) is 4.06. The fourth-order valence-corrected chi connectivity index (χ4v) is 5.56. The number of aliphatic hydroxyl groups is 1. The van der Waals surface area contributed by atoms with Crippen molar-refractivity contribution in [1.29, 1.82) is 0 Å². The third-order valence-corrected chi connectivity index (χ3v) is 7.89. The number of sulfonamides is 1. The molecule has 1 aromatic carbocycles. The molecule has 1 heterocycles. The second kappa shape index (κ2) is 10.2. The van der Waals surface area contributed by atoms with Gasteiger partial charge in [0.05, 0.1) is 13.2 Å². The number of rotatable bonds is 6. The molecule has 1 fully saturated rings. The van der Waals surface area contributed by atoms with Crippen LogP contribution in [0.4, 0.5) is 0 Å². The Morgan fingerprint density at radius 3 is 2.75 bits per heavy atom. The van der Waals surface area contributed by atoms with Gasteiger partial charge < -0.3 is 19.5 Å². The molecule has 1 aliphatic carbocycles. The van der Waals surface area contributed by atoms with Gasteiger partial charge in [-0.1, -0.05) is 18.8 Å². The highest BCUT2D eigenvalue weighted by atomic mass is 32.2. The summed E-state index contributed by atoms with van der Waals surface area (Å²) in [5, 5.41) is 9.71. The van der Waals surface area contributed by atoms with Crippen molar-refractivity contribution in [2.75, 3.05) is 40.5 Å². The molecule has 0 bridgehead atoms. The summed E-state index contributed by atoms with van der Waals surface area (Å²) in [4.78, 5) is 14.2. The molecule has 1 N–H and O–H groups in total. The highest BCUT2D eigenvalue weighted by Crippen LogP contribution is 2.35. The number of methoxy groups -OCH3 is 1. The van der Waals surface area contributed by atoms with E-state index < -0.39 is 22.2 Å². The zero-order valence-corrected chi connectivity index (χ0v) is 19.9. The van der Waals surface area contributed by atoms with Crippen LogP contribution in [0.15, 0.2) is 23.1 Å². The molecule has 1 aromatic rings. The Kier molecular flexibility index (Phi) is 7.83. The summed E-state index contributed by atoms with van der Waals surface area (Å²) in [6, 6.07) is 4.14. The van der Waals surface area contributed by atoms with Crippen LogP contribution in [-0.2, 0) is 19.6 Å². The standard InChI is InChI=1S/C23H32N2O6S/c1-16-13-25(17(2)15-26)32(28,29)22-10-7-18(6-5-11-30-4)12-20(22)31-21(16)14-24(3)23(27)19-8-9-19/h7,10,12,16-17,19,21,26H,8-9,11,13-15H2,1-4H3/t16-,17+,21-/m0/s1. The summed E-state index contributed by atoms with van der Waals surface area (Å²) < 4.78 is 39.4. The second-order valence-electron chi connectivity index (χ2n) is 8.63. The van der Waals surface area contributed by atoms with E-state index in [1.807, 2.05) is 6.92 Å². The van der Waals surface area contributed by atoms with Crippen molar-refractivity contribution in [3.8, 4) is 17.6 Å². The fourth-order valence-electron chi connectivity index (χ4n) is 3.73. The minimum absolute atomic E-state index is 0.0307. The van der Waals surface area contributed by atoms with Gasteiger partial charge in [-0.2, -0.15) is 4.31 Å². The van der Waals surface area contributed by atoms with Crippen molar-refractivity contribution >= 4 is 15.9 Å². The zero-order valence-electron chi connectivity index (χ0n) is 19.1. The van der Waals surface area contributed by atoms with E-state index in [4.69, 9.17) is 9.47 Å². The third kappa shape index (κ3) is 5.44. The summed E-state index contributed by atoms with van der Waals surface area (Å²) >= 11 is 0. The van der Waals surface area contributed by atoms with Crippen molar-refractivity contribution in [3.05, 3.63) is 23.8 Å². The Labute approximate surface area is 190 Å². The molecule has 0 radical (unpaired) electrons. The first-order valence-corrected chi connectivity index (χ1v) is 12.3. The average molecular weight is 465 g/mol. The molecule has 176 valence electrons. The molecule has 8 nitrogen and oxygen atoms in total. The van der Waals surface area contributed by atoms with E-state index in [9.17, 15) is 18.3 Å². The molecular weight excluding hydrogens is 432 g/mol. The Bertz CT molecular complexity index is 995. The maximum atomic E-state index is 13.4. The van der Waals surface area contributed by atoms with Crippen LogP contribution in [-0.4, -0.2) is 81.2 Å².